The van der Waals surface area contributed by atoms with Crippen LogP contribution in [0.15, 0.2) is 36.7 Å². The Hall–Kier alpha value is -2.04. The third-order valence-corrected chi connectivity index (χ3v) is 3.30. The quantitative estimate of drug-likeness (QED) is 0.849. The Labute approximate surface area is 109 Å². The van der Waals surface area contributed by atoms with Crippen molar-refractivity contribution in [3.8, 4) is 0 Å². The van der Waals surface area contributed by atoms with Gasteiger partial charge in [0, 0.05) is 25.5 Å². The monoisotopic (exact) mass is 261 g/mol. The lowest BCUT2D eigenvalue weighted by Crippen LogP contribution is -2.48. The predicted molar refractivity (Wildman–Crippen MR) is 67.8 cm³/mol. The van der Waals surface area contributed by atoms with Crippen LogP contribution in [0.25, 0.3) is 0 Å². The Balaban J connectivity index is 1.58. The summed E-state index contributed by atoms with van der Waals surface area (Å²) in [6, 6.07) is 5.88. The smallest absolute Gasteiger partial charge is 0.225 e. The van der Waals surface area contributed by atoms with E-state index >= 15 is 0 Å². The second kappa shape index (κ2) is 4.91. The zero-order valence-electron chi connectivity index (χ0n) is 10.3. The van der Waals surface area contributed by atoms with Crippen LogP contribution < -0.4 is 4.90 Å². The average molecular weight is 261 g/mol. The maximum absolute atomic E-state index is 13.1. The number of nitrogens with zero attached hydrogens (tertiary/aromatic N) is 3. The van der Waals surface area contributed by atoms with Gasteiger partial charge in [-0.3, -0.25) is 0 Å². The molecule has 1 aliphatic rings. The van der Waals surface area contributed by atoms with Gasteiger partial charge in [-0.1, -0.05) is 6.07 Å². The molecular formula is C14H13F2N3. The summed E-state index contributed by atoms with van der Waals surface area (Å²) in [7, 11) is 0. The Bertz CT molecular complexity index is 568. The van der Waals surface area contributed by atoms with Gasteiger partial charge in [0.15, 0.2) is 11.6 Å². The van der Waals surface area contributed by atoms with Gasteiger partial charge in [-0.2, -0.15) is 0 Å². The van der Waals surface area contributed by atoms with E-state index in [0.29, 0.717) is 5.92 Å². The topological polar surface area (TPSA) is 29.0 Å². The Kier molecular flexibility index (Phi) is 3.11. The summed E-state index contributed by atoms with van der Waals surface area (Å²) in [6.07, 6.45) is 4.18. The van der Waals surface area contributed by atoms with Crippen molar-refractivity contribution in [1.29, 1.82) is 0 Å². The third kappa shape index (κ3) is 2.54. The molecule has 3 nitrogen and oxygen atoms in total. The first-order valence-corrected chi connectivity index (χ1v) is 6.18. The van der Waals surface area contributed by atoms with Crippen molar-refractivity contribution >= 4 is 5.95 Å². The molecule has 0 radical (unpaired) electrons. The highest BCUT2D eigenvalue weighted by molar-refractivity contribution is 5.33. The number of halogens is 2. The van der Waals surface area contributed by atoms with Crippen molar-refractivity contribution in [3.63, 3.8) is 0 Å². The Morgan fingerprint density at radius 3 is 2.53 bits per heavy atom. The summed E-state index contributed by atoms with van der Waals surface area (Å²) >= 11 is 0. The van der Waals surface area contributed by atoms with E-state index in [1.165, 1.54) is 12.1 Å². The summed E-state index contributed by atoms with van der Waals surface area (Å²) in [5.74, 6) is -0.408. The van der Waals surface area contributed by atoms with Gasteiger partial charge in [0.05, 0.1) is 0 Å². The summed E-state index contributed by atoms with van der Waals surface area (Å²) in [5, 5.41) is 0. The Morgan fingerprint density at radius 1 is 1.11 bits per heavy atom. The zero-order valence-corrected chi connectivity index (χ0v) is 10.3. The van der Waals surface area contributed by atoms with Gasteiger partial charge >= 0.3 is 0 Å². The molecule has 2 aromatic rings. The summed E-state index contributed by atoms with van der Waals surface area (Å²) in [4.78, 5) is 10.4. The summed E-state index contributed by atoms with van der Waals surface area (Å²) in [5.41, 5.74) is 0.831. The molecule has 0 saturated carbocycles. The van der Waals surface area contributed by atoms with Crippen molar-refractivity contribution in [1.82, 2.24) is 9.97 Å². The number of rotatable bonds is 3. The van der Waals surface area contributed by atoms with E-state index in [-0.39, 0.29) is 0 Å². The number of hydrogen-bond donors (Lipinski definition) is 0. The molecule has 0 unspecified atom stereocenters. The van der Waals surface area contributed by atoms with Crippen LogP contribution in [0.1, 0.15) is 5.56 Å². The molecule has 0 atom stereocenters. The molecule has 0 amide bonds. The van der Waals surface area contributed by atoms with Gasteiger partial charge in [0.25, 0.3) is 0 Å². The molecule has 98 valence electrons. The lowest BCUT2D eigenvalue weighted by molar-refractivity contribution is 0.400. The number of hydrogen-bond acceptors (Lipinski definition) is 3. The van der Waals surface area contributed by atoms with E-state index in [1.807, 2.05) is 0 Å². The molecule has 1 aliphatic heterocycles. The van der Waals surface area contributed by atoms with Crippen LogP contribution in [-0.4, -0.2) is 23.1 Å². The van der Waals surface area contributed by atoms with Gasteiger partial charge < -0.3 is 4.90 Å². The molecule has 5 heteroatoms. The minimum atomic E-state index is -0.795. The zero-order chi connectivity index (χ0) is 13.2. The predicted octanol–water partition coefficient (Wildman–Crippen LogP) is 2.43. The molecule has 0 bridgehead atoms. The van der Waals surface area contributed by atoms with Crippen LogP contribution >= 0.6 is 0 Å². The van der Waals surface area contributed by atoms with Crippen molar-refractivity contribution in [2.24, 2.45) is 5.92 Å². The van der Waals surface area contributed by atoms with Crippen LogP contribution in [-0.2, 0) is 6.42 Å². The molecular weight excluding hydrogens is 248 g/mol. The SMILES string of the molecule is Fc1ccc(CC2CN(c3ncccn3)C2)cc1F. The van der Waals surface area contributed by atoms with E-state index in [0.717, 1.165) is 31.0 Å². The summed E-state index contributed by atoms with van der Waals surface area (Å²) in [6.45, 7) is 1.70. The molecule has 3 rings (SSSR count). The molecule has 1 fully saturated rings. The van der Waals surface area contributed by atoms with Crippen LogP contribution in [0, 0.1) is 17.6 Å². The average Bonchev–Trinajstić information content (AvgIpc) is 2.38. The van der Waals surface area contributed by atoms with Crippen molar-refractivity contribution in [2.75, 3.05) is 18.0 Å². The van der Waals surface area contributed by atoms with Crippen LogP contribution in [0.4, 0.5) is 14.7 Å². The van der Waals surface area contributed by atoms with Crippen LogP contribution in [0.3, 0.4) is 0 Å². The molecule has 0 spiro atoms. The van der Waals surface area contributed by atoms with E-state index in [4.69, 9.17) is 0 Å². The fourth-order valence-corrected chi connectivity index (χ4v) is 2.32. The molecule has 19 heavy (non-hydrogen) atoms. The highest BCUT2D eigenvalue weighted by atomic mass is 19.2. The first kappa shape index (κ1) is 12.0. The largest absolute Gasteiger partial charge is 0.340 e. The maximum atomic E-state index is 13.1. The molecule has 0 aliphatic carbocycles. The first-order chi connectivity index (χ1) is 9.22. The standard InChI is InChI=1S/C14H13F2N3/c15-12-3-2-10(7-13(12)16)6-11-8-19(9-11)14-17-4-1-5-18-14/h1-5,7,11H,6,8-9H2. The van der Waals surface area contributed by atoms with Crippen LogP contribution in [0.5, 0.6) is 0 Å². The minimum Gasteiger partial charge on any atom is -0.340 e. The first-order valence-electron chi connectivity index (χ1n) is 6.18. The van der Waals surface area contributed by atoms with Gasteiger partial charge in [-0.15, -0.1) is 0 Å². The maximum Gasteiger partial charge on any atom is 0.225 e. The van der Waals surface area contributed by atoms with Crippen molar-refractivity contribution in [2.45, 2.75) is 6.42 Å². The molecule has 1 aromatic heterocycles. The number of aromatic nitrogens is 2. The highest BCUT2D eigenvalue weighted by Crippen LogP contribution is 2.24. The van der Waals surface area contributed by atoms with Gasteiger partial charge in [0.1, 0.15) is 0 Å². The van der Waals surface area contributed by atoms with Gasteiger partial charge in [-0.05, 0) is 36.1 Å². The molecule has 2 heterocycles. The molecule has 0 N–H and O–H groups in total. The lowest BCUT2D eigenvalue weighted by Gasteiger charge is -2.39. The van der Waals surface area contributed by atoms with E-state index < -0.39 is 11.6 Å². The van der Waals surface area contributed by atoms with Crippen molar-refractivity contribution < 1.29 is 8.78 Å². The van der Waals surface area contributed by atoms with Crippen LogP contribution in [0.2, 0.25) is 0 Å². The van der Waals surface area contributed by atoms with E-state index in [9.17, 15) is 8.78 Å². The van der Waals surface area contributed by atoms with E-state index in [1.54, 1.807) is 24.5 Å². The second-order valence-corrected chi connectivity index (χ2v) is 4.77. The normalized spacial score (nSPS) is 15.4. The van der Waals surface area contributed by atoms with E-state index in [2.05, 4.69) is 14.9 Å². The lowest BCUT2D eigenvalue weighted by atomic mass is 9.92. The summed E-state index contributed by atoms with van der Waals surface area (Å²) < 4.78 is 25.9. The minimum absolute atomic E-state index is 0.439. The molecule has 1 saturated heterocycles. The fraction of sp³-hybridized carbons (Fsp3) is 0.286. The fourth-order valence-electron chi connectivity index (χ4n) is 2.32. The third-order valence-electron chi connectivity index (χ3n) is 3.30. The van der Waals surface area contributed by atoms with Gasteiger partial charge in [-0.25, -0.2) is 18.7 Å². The molecule has 1 aromatic carbocycles. The van der Waals surface area contributed by atoms with Gasteiger partial charge in [0.2, 0.25) is 5.95 Å². The van der Waals surface area contributed by atoms with Crippen molar-refractivity contribution in [3.05, 3.63) is 53.9 Å². The second-order valence-electron chi connectivity index (χ2n) is 4.77. The number of anilines is 1. The Morgan fingerprint density at radius 2 is 1.84 bits per heavy atom. The number of benzene rings is 1. The highest BCUT2D eigenvalue weighted by Gasteiger charge is 2.28.